The fourth-order valence-electron chi connectivity index (χ4n) is 5.02. The Morgan fingerprint density at radius 3 is 2.69 bits per heavy atom. The molecule has 0 radical (unpaired) electrons. The normalized spacial score (nSPS) is 30.2. The van der Waals surface area contributed by atoms with Crippen molar-refractivity contribution in [3.05, 3.63) is 42.1 Å². The van der Waals surface area contributed by atoms with Crippen molar-refractivity contribution in [1.29, 1.82) is 0 Å². The first-order chi connectivity index (χ1) is 12.8. The van der Waals surface area contributed by atoms with Crippen molar-refractivity contribution in [2.75, 3.05) is 26.7 Å². The van der Waals surface area contributed by atoms with E-state index < -0.39 is 0 Å². The molecule has 5 heteroatoms. The summed E-state index contributed by atoms with van der Waals surface area (Å²) < 4.78 is 6.08. The van der Waals surface area contributed by atoms with Crippen LogP contribution >= 0.6 is 0 Å². The van der Waals surface area contributed by atoms with Gasteiger partial charge in [-0.15, -0.1) is 0 Å². The molecule has 2 bridgehead atoms. The van der Waals surface area contributed by atoms with E-state index in [-0.39, 0.29) is 0 Å². The van der Waals surface area contributed by atoms with Gasteiger partial charge in [0.15, 0.2) is 5.96 Å². The first kappa shape index (κ1) is 16.1. The fraction of sp³-hybridized carbons (Fsp3) is 0.524. The molecule has 5 rings (SSSR count). The molecule has 26 heavy (non-hydrogen) atoms. The number of ether oxygens (including phenoxy) is 1. The summed E-state index contributed by atoms with van der Waals surface area (Å²) in [6.45, 7) is 3.02. The molecule has 136 valence electrons. The Kier molecular flexibility index (Phi) is 4.04. The quantitative estimate of drug-likeness (QED) is 0.682. The van der Waals surface area contributed by atoms with Crippen LogP contribution in [-0.4, -0.2) is 54.7 Å². The van der Waals surface area contributed by atoms with Gasteiger partial charge in [-0.3, -0.25) is 9.98 Å². The summed E-state index contributed by atoms with van der Waals surface area (Å²) in [4.78, 5) is 11.7. The van der Waals surface area contributed by atoms with Crippen molar-refractivity contribution < 1.29 is 4.74 Å². The van der Waals surface area contributed by atoms with Gasteiger partial charge >= 0.3 is 0 Å². The molecule has 4 unspecified atom stereocenters. The molecule has 0 amide bonds. The van der Waals surface area contributed by atoms with Crippen LogP contribution < -0.4 is 5.32 Å². The van der Waals surface area contributed by atoms with E-state index in [1.807, 2.05) is 13.1 Å². The molecule has 1 N–H and O–H groups in total. The summed E-state index contributed by atoms with van der Waals surface area (Å²) in [5, 5.41) is 4.74. The minimum absolute atomic E-state index is 0.495. The number of rotatable bonds is 3. The number of nitrogens with one attached hydrogen (secondary N) is 1. The molecule has 3 saturated heterocycles. The van der Waals surface area contributed by atoms with Crippen LogP contribution in [0.3, 0.4) is 0 Å². The monoisotopic (exact) mass is 350 g/mol. The van der Waals surface area contributed by atoms with Gasteiger partial charge in [-0.1, -0.05) is 24.3 Å². The summed E-state index contributed by atoms with van der Waals surface area (Å²) in [5.74, 6) is 2.43. The maximum Gasteiger partial charge on any atom is 0.193 e. The number of fused-ring (bicyclic) bond motifs is 6. The highest BCUT2D eigenvalue weighted by Gasteiger charge is 2.53. The number of aliphatic imine (C=N–C) groups is 1. The third kappa shape index (κ3) is 2.75. The summed E-state index contributed by atoms with van der Waals surface area (Å²) in [5.41, 5.74) is 2.19. The number of pyridine rings is 1. The zero-order valence-electron chi connectivity index (χ0n) is 15.3. The molecule has 0 spiro atoms. The molecule has 3 aliphatic rings. The third-order valence-electron chi connectivity index (χ3n) is 6.28. The van der Waals surface area contributed by atoms with E-state index >= 15 is 0 Å². The maximum atomic E-state index is 6.08. The summed E-state index contributed by atoms with van der Waals surface area (Å²) in [7, 11) is 1.88. The van der Waals surface area contributed by atoms with Gasteiger partial charge in [0, 0.05) is 56.0 Å². The van der Waals surface area contributed by atoms with Crippen molar-refractivity contribution >= 4 is 16.9 Å². The van der Waals surface area contributed by atoms with Crippen LogP contribution in [0.25, 0.3) is 10.9 Å². The van der Waals surface area contributed by atoms with Crippen LogP contribution in [0.1, 0.15) is 18.5 Å². The van der Waals surface area contributed by atoms with Crippen LogP contribution in [0.4, 0.5) is 0 Å². The fourth-order valence-corrected chi connectivity index (χ4v) is 5.02. The molecule has 0 aliphatic carbocycles. The summed E-state index contributed by atoms with van der Waals surface area (Å²) in [6.07, 6.45) is 4.39. The van der Waals surface area contributed by atoms with E-state index in [0.717, 1.165) is 43.2 Å². The van der Waals surface area contributed by atoms with Crippen LogP contribution in [0.15, 0.2) is 41.4 Å². The van der Waals surface area contributed by atoms with Crippen molar-refractivity contribution in [2.24, 2.45) is 16.8 Å². The third-order valence-corrected chi connectivity index (χ3v) is 6.28. The molecule has 2 aromatic rings. The maximum absolute atomic E-state index is 6.08. The second-order valence-electron chi connectivity index (χ2n) is 7.74. The highest BCUT2D eigenvalue weighted by Crippen LogP contribution is 2.47. The number of likely N-dealkylation sites (tertiary alicyclic amines) is 1. The van der Waals surface area contributed by atoms with Gasteiger partial charge in [0.05, 0.1) is 17.7 Å². The number of benzene rings is 1. The lowest BCUT2D eigenvalue weighted by molar-refractivity contribution is 0.0767. The Balaban J connectivity index is 1.19. The van der Waals surface area contributed by atoms with Gasteiger partial charge < -0.3 is 15.0 Å². The zero-order valence-corrected chi connectivity index (χ0v) is 15.3. The highest BCUT2D eigenvalue weighted by molar-refractivity contribution is 5.80. The van der Waals surface area contributed by atoms with Gasteiger partial charge in [0.1, 0.15) is 0 Å². The number of guanidine groups is 1. The zero-order chi connectivity index (χ0) is 17.5. The summed E-state index contributed by atoms with van der Waals surface area (Å²) >= 11 is 0. The van der Waals surface area contributed by atoms with E-state index in [1.165, 1.54) is 18.2 Å². The SMILES string of the molecule is CN=C(NCCc1ccc2ccccc2n1)N1CC2C3CCC(O3)C2C1. The Morgan fingerprint density at radius 1 is 1.15 bits per heavy atom. The van der Waals surface area contributed by atoms with Crippen molar-refractivity contribution in [1.82, 2.24) is 15.2 Å². The van der Waals surface area contributed by atoms with E-state index in [0.29, 0.717) is 24.0 Å². The first-order valence-corrected chi connectivity index (χ1v) is 9.77. The number of aromatic nitrogens is 1. The van der Waals surface area contributed by atoms with Gasteiger partial charge in [0.25, 0.3) is 0 Å². The Hall–Kier alpha value is -2.14. The van der Waals surface area contributed by atoms with Gasteiger partial charge in [-0.2, -0.15) is 0 Å². The molecule has 4 atom stereocenters. The van der Waals surface area contributed by atoms with Crippen LogP contribution in [0, 0.1) is 11.8 Å². The number of hydrogen-bond donors (Lipinski definition) is 1. The predicted octanol–water partition coefficient (Wildman–Crippen LogP) is 2.46. The van der Waals surface area contributed by atoms with E-state index in [4.69, 9.17) is 9.72 Å². The Morgan fingerprint density at radius 2 is 1.92 bits per heavy atom. The Labute approximate surface area is 154 Å². The van der Waals surface area contributed by atoms with E-state index in [2.05, 4.69) is 45.5 Å². The highest BCUT2D eigenvalue weighted by atomic mass is 16.5. The predicted molar refractivity (Wildman–Crippen MR) is 103 cm³/mol. The van der Waals surface area contributed by atoms with Gasteiger partial charge in [0.2, 0.25) is 0 Å². The Bertz CT molecular complexity index is 818. The minimum Gasteiger partial charge on any atom is -0.374 e. The van der Waals surface area contributed by atoms with Crippen molar-refractivity contribution in [3.8, 4) is 0 Å². The average Bonchev–Trinajstić information content (AvgIpc) is 3.38. The molecule has 4 heterocycles. The minimum atomic E-state index is 0.495. The number of hydrogen-bond acceptors (Lipinski definition) is 3. The molecular formula is C21H26N4O. The number of para-hydroxylation sites is 1. The largest absolute Gasteiger partial charge is 0.374 e. The lowest BCUT2D eigenvalue weighted by Crippen LogP contribution is -2.42. The molecule has 3 fully saturated rings. The lowest BCUT2D eigenvalue weighted by Gasteiger charge is -2.23. The molecule has 0 saturated carbocycles. The summed E-state index contributed by atoms with van der Waals surface area (Å²) in [6, 6.07) is 12.6. The molecule has 5 nitrogen and oxygen atoms in total. The number of nitrogens with zero attached hydrogens (tertiary/aromatic N) is 3. The second kappa shape index (κ2) is 6.54. The van der Waals surface area contributed by atoms with Crippen LogP contribution in [-0.2, 0) is 11.2 Å². The topological polar surface area (TPSA) is 49.8 Å². The van der Waals surface area contributed by atoms with Gasteiger partial charge in [-0.25, -0.2) is 0 Å². The van der Waals surface area contributed by atoms with E-state index in [1.54, 1.807) is 0 Å². The van der Waals surface area contributed by atoms with Crippen molar-refractivity contribution in [2.45, 2.75) is 31.5 Å². The molecule has 1 aromatic carbocycles. The standard InChI is InChI=1S/C21H26N4O/c1-22-21(25-12-16-17(13-25)20-9-8-19(16)26-20)23-11-10-15-7-6-14-4-2-3-5-18(14)24-15/h2-7,16-17,19-20H,8-13H2,1H3,(H,22,23). The first-order valence-electron chi connectivity index (χ1n) is 9.77. The molecule has 1 aromatic heterocycles. The van der Waals surface area contributed by atoms with Gasteiger partial charge in [-0.05, 0) is 25.0 Å². The average molecular weight is 350 g/mol. The molecule has 3 aliphatic heterocycles. The smallest absolute Gasteiger partial charge is 0.193 e. The molecular weight excluding hydrogens is 324 g/mol. The van der Waals surface area contributed by atoms with Crippen LogP contribution in [0.5, 0.6) is 0 Å². The van der Waals surface area contributed by atoms with E-state index in [9.17, 15) is 0 Å². The van der Waals surface area contributed by atoms with Crippen molar-refractivity contribution in [3.63, 3.8) is 0 Å². The second-order valence-corrected chi connectivity index (χ2v) is 7.74. The lowest BCUT2D eigenvalue weighted by atomic mass is 9.82. The van der Waals surface area contributed by atoms with Crippen LogP contribution in [0.2, 0.25) is 0 Å².